The van der Waals surface area contributed by atoms with Gasteiger partial charge in [0.2, 0.25) is 0 Å². The summed E-state index contributed by atoms with van der Waals surface area (Å²) in [6.07, 6.45) is 7.90. The van der Waals surface area contributed by atoms with Gasteiger partial charge in [0.1, 0.15) is 23.7 Å². The zero-order valence-corrected chi connectivity index (χ0v) is 15.7. The van der Waals surface area contributed by atoms with Gasteiger partial charge in [-0.25, -0.2) is 9.97 Å². The molecule has 142 valence electrons. The van der Waals surface area contributed by atoms with Crippen molar-refractivity contribution in [3.05, 3.63) is 59.8 Å². The Morgan fingerprint density at radius 1 is 1.29 bits per heavy atom. The van der Waals surface area contributed by atoms with Crippen LogP contribution in [-0.2, 0) is 18.2 Å². The van der Waals surface area contributed by atoms with Crippen LogP contribution in [0.1, 0.15) is 29.8 Å². The summed E-state index contributed by atoms with van der Waals surface area (Å²) in [7, 11) is 1.88. The minimum Gasteiger partial charge on any atom is -0.489 e. The average Bonchev–Trinajstić information content (AvgIpc) is 3.14. The first-order chi connectivity index (χ1) is 13.7. The fourth-order valence-electron chi connectivity index (χ4n) is 3.24. The molecule has 0 amide bonds. The van der Waals surface area contributed by atoms with E-state index in [9.17, 15) is 5.26 Å². The highest BCUT2D eigenvalue weighted by Crippen LogP contribution is 2.27. The molecule has 3 aromatic rings. The van der Waals surface area contributed by atoms with Gasteiger partial charge in [-0.2, -0.15) is 10.4 Å². The molecule has 1 saturated heterocycles. The van der Waals surface area contributed by atoms with Gasteiger partial charge < -0.3 is 9.47 Å². The van der Waals surface area contributed by atoms with Crippen molar-refractivity contribution < 1.29 is 9.47 Å². The number of nitrogens with zero attached hydrogens (tertiary/aromatic N) is 5. The number of aromatic nitrogens is 4. The maximum absolute atomic E-state index is 9.57. The van der Waals surface area contributed by atoms with Gasteiger partial charge in [-0.1, -0.05) is 0 Å². The van der Waals surface area contributed by atoms with E-state index in [0.29, 0.717) is 36.8 Å². The lowest BCUT2D eigenvalue weighted by atomic mass is 10.1. The highest BCUT2D eigenvalue weighted by Gasteiger charge is 2.17. The quantitative estimate of drug-likeness (QED) is 0.682. The molecule has 2 aromatic heterocycles. The molecule has 0 N–H and O–H groups in total. The van der Waals surface area contributed by atoms with Crippen LogP contribution >= 0.6 is 0 Å². The monoisotopic (exact) mass is 375 g/mol. The molecule has 7 nitrogen and oxygen atoms in total. The molecule has 1 aliphatic heterocycles. The molecule has 4 rings (SSSR count). The number of benzene rings is 1. The molecule has 28 heavy (non-hydrogen) atoms. The maximum atomic E-state index is 9.57. The molecular formula is C21H21N5O2. The van der Waals surface area contributed by atoms with Crippen molar-refractivity contribution in [2.24, 2.45) is 7.05 Å². The smallest absolute Gasteiger partial charge is 0.137 e. The first-order valence-electron chi connectivity index (χ1n) is 9.29. The second-order valence-electron chi connectivity index (χ2n) is 6.81. The third-order valence-electron chi connectivity index (χ3n) is 4.68. The van der Waals surface area contributed by atoms with Gasteiger partial charge in [-0.3, -0.25) is 4.68 Å². The topological polar surface area (TPSA) is 85.9 Å². The Bertz CT molecular complexity index is 1000. The van der Waals surface area contributed by atoms with Gasteiger partial charge in [0, 0.05) is 44.3 Å². The van der Waals surface area contributed by atoms with Gasteiger partial charge in [-0.05, 0) is 29.8 Å². The fourth-order valence-corrected chi connectivity index (χ4v) is 3.24. The van der Waals surface area contributed by atoms with Gasteiger partial charge in [0.15, 0.2) is 0 Å². The van der Waals surface area contributed by atoms with Gasteiger partial charge in [0.05, 0.1) is 30.7 Å². The summed E-state index contributed by atoms with van der Waals surface area (Å²) in [6.45, 7) is 1.40. The van der Waals surface area contributed by atoms with Crippen molar-refractivity contribution in [2.45, 2.75) is 25.4 Å². The Balaban J connectivity index is 1.55. The van der Waals surface area contributed by atoms with E-state index in [1.807, 2.05) is 43.7 Å². The van der Waals surface area contributed by atoms with Crippen molar-refractivity contribution in [1.82, 2.24) is 19.7 Å². The predicted molar refractivity (Wildman–Crippen MR) is 103 cm³/mol. The van der Waals surface area contributed by atoms with Crippen LogP contribution in [0.25, 0.3) is 11.3 Å². The van der Waals surface area contributed by atoms with E-state index in [0.717, 1.165) is 29.7 Å². The van der Waals surface area contributed by atoms with Crippen LogP contribution in [-0.4, -0.2) is 39.1 Å². The third-order valence-corrected chi connectivity index (χ3v) is 4.68. The Labute approximate surface area is 163 Å². The van der Waals surface area contributed by atoms with Crippen LogP contribution in [0.15, 0.2) is 42.9 Å². The highest BCUT2D eigenvalue weighted by molar-refractivity contribution is 5.64. The minimum absolute atomic E-state index is 0.0943. The van der Waals surface area contributed by atoms with Crippen molar-refractivity contribution in [1.29, 1.82) is 5.26 Å². The summed E-state index contributed by atoms with van der Waals surface area (Å²) in [5.41, 5.74) is 3.21. The summed E-state index contributed by atoms with van der Waals surface area (Å²) in [5.74, 6) is 1.33. The molecular weight excluding hydrogens is 354 g/mol. The molecule has 0 radical (unpaired) electrons. The number of aryl methyl sites for hydroxylation is 1. The first kappa shape index (κ1) is 18.1. The van der Waals surface area contributed by atoms with E-state index < -0.39 is 0 Å². The van der Waals surface area contributed by atoms with E-state index in [1.165, 1.54) is 0 Å². The number of ether oxygens (including phenoxy) is 2. The summed E-state index contributed by atoms with van der Waals surface area (Å²) < 4.78 is 13.1. The normalized spacial score (nSPS) is 14.6. The van der Waals surface area contributed by atoms with Crippen molar-refractivity contribution in [3.63, 3.8) is 0 Å². The molecule has 0 unspecified atom stereocenters. The Morgan fingerprint density at radius 2 is 2.14 bits per heavy atom. The summed E-state index contributed by atoms with van der Waals surface area (Å²) in [5, 5.41) is 13.8. The van der Waals surface area contributed by atoms with E-state index >= 15 is 0 Å². The molecule has 7 heteroatoms. The molecule has 3 heterocycles. The molecule has 0 bridgehead atoms. The molecule has 1 aromatic carbocycles. The summed E-state index contributed by atoms with van der Waals surface area (Å²) >= 11 is 0. The Hall–Kier alpha value is -3.24. The predicted octanol–water partition coefficient (Wildman–Crippen LogP) is 2.90. The van der Waals surface area contributed by atoms with E-state index in [-0.39, 0.29) is 6.10 Å². The van der Waals surface area contributed by atoms with Crippen LogP contribution in [0.5, 0.6) is 5.75 Å². The summed E-state index contributed by atoms with van der Waals surface area (Å²) in [6, 6.07) is 9.71. The zero-order valence-electron chi connectivity index (χ0n) is 15.7. The molecule has 0 saturated carbocycles. The SMILES string of the molecule is Cn1cc(Cc2nccc(-c3ccc(OC4CCOCC4)c(C#N)c3)n2)cn1. The molecule has 0 atom stereocenters. The number of hydrogen-bond donors (Lipinski definition) is 0. The third kappa shape index (κ3) is 4.18. The standard InChI is InChI=1S/C21H21N5O2/c1-26-14-15(13-24-26)10-21-23-7-4-19(25-21)16-2-3-20(17(11-16)12-22)28-18-5-8-27-9-6-18/h2-4,7,11,13-14,18H,5-6,8-10H2,1H3. The van der Waals surface area contributed by atoms with Crippen LogP contribution in [0.3, 0.4) is 0 Å². The van der Waals surface area contributed by atoms with E-state index in [1.54, 1.807) is 10.9 Å². The second-order valence-corrected chi connectivity index (χ2v) is 6.81. The van der Waals surface area contributed by atoms with Crippen molar-refractivity contribution in [2.75, 3.05) is 13.2 Å². The zero-order chi connectivity index (χ0) is 19.3. The Kier molecular flexibility index (Phi) is 5.31. The van der Waals surface area contributed by atoms with Crippen LogP contribution in [0, 0.1) is 11.3 Å². The molecule has 1 fully saturated rings. The van der Waals surface area contributed by atoms with Crippen LogP contribution in [0.2, 0.25) is 0 Å². The van der Waals surface area contributed by atoms with Crippen molar-refractivity contribution in [3.8, 4) is 23.1 Å². The highest BCUT2D eigenvalue weighted by atomic mass is 16.5. The molecule has 1 aliphatic rings. The molecule has 0 spiro atoms. The Morgan fingerprint density at radius 3 is 2.89 bits per heavy atom. The van der Waals surface area contributed by atoms with E-state index in [2.05, 4.69) is 21.1 Å². The lowest BCUT2D eigenvalue weighted by Gasteiger charge is -2.23. The fraction of sp³-hybridized carbons (Fsp3) is 0.333. The van der Waals surface area contributed by atoms with Crippen LogP contribution in [0.4, 0.5) is 0 Å². The lowest BCUT2D eigenvalue weighted by molar-refractivity contribution is 0.0254. The van der Waals surface area contributed by atoms with Crippen molar-refractivity contribution >= 4 is 0 Å². The average molecular weight is 375 g/mol. The van der Waals surface area contributed by atoms with E-state index in [4.69, 9.17) is 9.47 Å². The van der Waals surface area contributed by atoms with Gasteiger partial charge in [0.25, 0.3) is 0 Å². The lowest BCUT2D eigenvalue weighted by Crippen LogP contribution is -2.26. The number of rotatable bonds is 5. The minimum atomic E-state index is 0.0943. The summed E-state index contributed by atoms with van der Waals surface area (Å²) in [4.78, 5) is 9.01. The maximum Gasteiger partial charge on any atom is 0.137 e. The first-order valence-corrected chi connectivity index (χ1v) is 9.29. The second kappa shape index (κ2) is 8.19. The number of nitriles is 1. The number of hydrogen-bond acceptors (Lipinski definition) is 6. The van der Waals surface area contributed by atoms with Gasteiger partial charge >= 0.3 is 0 Å². The largest absolute Gasteiger partial charge is 0.489 e. The van der Waals surface area contributed by atoms with Crippen LogP contribution < -0.4 is 4.74 Å². The molecule has 0 aliphatic carbocycles. The van der Waals surface area contributed by atoms with Gasteiger partial charge in [-0.15, -0.1) is 0 Å².